The summed E-state index contributed by atoms with van der Waals surface area (Å²) in [6, 6.07) is 0. The number of nitrogens with zero attached hydrogens (tertiary/aromatic N) is 3. The monoisotopic (exact) mass is 262 g/mol. The minimum absolute atomic E-state index is 0.796. The van der Waals surface area contributed by atoms with Crippen LogP contribution >= 0.6 is 0 Å². The van der Waals surface area contributed by atoms with Crippen molar-refractivity contribution in [3.05, 3.63) is 17.2 Å². The Balaban J connectivity index is 1.71. The predicted molar refractivity (Wildman–Crippen MR) is 77.2 cm³/mol. The molecule has 1 fully saturated rings. The average molecular weight is 262 g/mol. The topological polar surface area (TPSA) is 33.1 Å². The summed E-state index contributed by atoms with van der Waals surface area (Å²) in [5.74, 6) is 2.10. The fourth-order valence-electron chi connectivity index (χ4n) is 3.56. The molecule has 1 saturated heterocycles. The van der Waals surface area contributed by atoms with E-state index in [1.54, 1.807) is 0 Å². The zero-order valence-corrected chi connectivity index (χ0v) is 12.3. The van der Waals surface area contributed by atoms with Crippen LogP contribution in [0.5, 0.6) is 0 Å². The average Bonchev–Trinajstić information content (AvgIpc) is 2.76. The zero-order valence-electron chi connectivity index (χ0n) is 12.3. The second-order valence-corrected chi connectivity index (χ2v) is 6.01. The lowest BCUT2D eigenvalue weighted by Crippen LogP contribution is -2.36. The van der Waals surface area contributed by atoms with Gasteiger partial charge in [-0.15, -0.1) is 0 Å². The van der Waals surface area contributed by atoms with Gasteiger partial charge in [-0.1, -0.05) is 6.92 Å². The second kappa shape index (κ2) is 5.63. The minimum Gasteiger partial charge on any atom is -0.335 e. The Bertz CT molecular complexity index is 438. The standard InChI is InChI=1S/C15H26N4/c1-3-19-8-4-5-12(11-19)9-15-17-13-10-16-7-6-14(13)18(15)2/h12,16H,3-11H2,1-2H3. The van der Waals surface area contributed by atoms with Crippen molar-refractivity contribution >= 4 is 0 Å². The molecule has 0 bridgehead atoms. The number of aromatic nitrogens is 2. The Morgan fingerprint density at radius 3 is 3.11 bits per heavy atom. The van der Waals surface area contributed by atoms with Crippen LogP contribution in [-0.2, 0) is 26.4 Å². The molecular weight excluding hydrogens is 236 g/mol. The van der Waals surface area contributed by atoms with E-state index < -0.39 is 0 Å². The van der Waals surface area contributed by atoms with Gasteiger partial charge in [0.15, 0.2) is 0 Å². The molecule has 3 rings (SSSR count). The van der Waals surface area contributed by atoms with Gasteiger partial charge in [0.1, 0.15) is 5.82 Å². The van der Waals surface area contributed by atoms with Crippen molar-refractivity contribution in [3.8, 4) is 0 Å². The molecule has 1 aromatic heterocycles. The van der Waals surface area contributed by atoms with E-state index in [4.69, 9.17) is 4.98 Å². The van der Waals surface area contributed by atoms with Crippen LogP contribution < -0.4 is 5.32 Å². The third-order valence-corrected chi connectivity index (χ3v) is 4.74. The second-order valence-electron chi connectivity index (χ2n) is 6.01. The van der Waals surface area contributed by atoms with Gasteiger partial charge in [-0.3, -0.25) is 0 Å². The molecule has 19 heavy (non-hydrogen) atoms. The van der Waals surface area contributed by atoms with E-state index in [0.717, 1.165) is 31.8 Å². The van der Waals surface area contributed by atoms with Gasteiger partial charge in [-0.05, 0) is 31.8 Å². The Kier molecular flexibility index (Phi) is 3.89. The summed E-state index contributed by atoms with van der Waals surface area (Å²) in [5.41, 5.74) is 2.74. The highest BCUT2D eigenvalue weighted by molar-refractivity contribution is 5.20. The van der Waals surface area contributed by atoms with Crippen molar-refractivity contribution in [1.29, 1.82) is 0 Å². The van der Waals surface area contributed by atoms with Gasteiger partial charge in [0.05, 0.1) is 5.69 Å². The Hall–Kier alpha value is -0.870. The summed E-state index contributed by atoms with van der Waals surface area (Å²) in [6.45, 7) is 8.05. The number of imidazole rings is 1. The highest BCUT2D eigenvalue weighted by Crippen LogP contribution is 2.22. The smallest absolute Gasteiger partial charge is 0.109 e. The molecule has 0 spiro atoms. The van der Waals surface area contributed by atoms with Gasteiger partial charge in [-0.25, -0.2) is 4.98 Å². The number of piperidine rings is 1. The first-order valence-electron chi connectivity index (χ1n) is 7.74. The number of hydrogen-bond donors (Lipinski definition) is 1. The lowest BCUT2D eigenvalue weighted by Gasteiger charge is -2.31. The van der Waals surface area contributed by atoms with E-state index in [9.17, 15) is 0 Å². The molecule has 1 atom stereocenters. The maximum atomic E-state index is 4.88. The Morgan fingerprint density at radius 2 is 2.32 bits per heavy atom. The number of likely N-dealkylation sites (tertiary alicyclic amines) is 1. The number of fused-ring (bicyclic) bond motifs is 1. The van der Waals surface area contributed by atoms with Crippen LogP contribution in [0.15, 0.2) is 0 Å². The van der Waals surface area contributed by atoms with Crippen molar-refractivity contribution in [3.63, 3.8) is 0 Å². The molecule has 2 aliphatic rings. The summed E-state index contributed by atoms with van der Waals surface area (Å²) in [6.07, 6.45) is 5.00. The molecule has 106 valence electrons. The molecule has 1 N–H and O–H groups in total. The third-order valence-electron chi connectivity index (χ3n) is 4.74. The maximum Gasteiger partial charge on any atom is 0.109 e. The van der Waals surface area contributed by atoms with Gasteiger partial charge in [-0.2, -0.15) is 0 Å². The number of rotatable bonds is 3. The Morgan fingerprint density at radius 1 is 1.42 bits per heavy atom. The zero-order chi connectivity index (χ0) is 13.2. The van der Waals surface area contributed by atoms with Crippen LogP contribution in [0.3, 0.4) is 0 Å². The molecule has 0 aromatic carbocycles. The Labute approximate surface area is 116 Å². The molecule has 4 nitrogen and oxygen atoms in total. The summed E-state index contributed by atoms with van der Waals surface area (Å²) < 4.78 is 2.36. The van der Waals surface area contributed by atoms with Crippen LogP contribution in [0.2, 0.25) is 0 Å². The molecule has 0 amide bonds. The summed E-state index contributed by atoms with van der Waals surface area (Å²) in [4.78, 5) is 7.46. The lowest BCUT2D eigenvalue weighted by molar-refractivity contribution is 0.180. The quantitative estimate of drug-likeness (QED) is 0.892. The normalized spacial score (nSPS) is 24.4. The highest BCUT2D eigenvalue weighted by Gasteiger charge is 2.23. The van der Waals surface area contributed by atoms with Gasteiger partial charge < -0.3 is 14.8 Å². The minimum atomic E-state index is 0.796. The van der Waals surface area contributed by atoms with E-state index in [-0.39, 0.29) is 0 Å². The van der Waals surface area contributed by atoms with Crippen molar-refractivity contribution in [1.82, 2.24) is 19.8 Å². The van der Waals surface area contributed by atoms with Gasteiger partial charge >= 0.3 is 0 Å². The van der Waals surface area contributed by atoms with Gasteiger partial charge in [0.2, 0.25) is 0 Å². The fraction of sp³-hybridized carbons (Fsp3) is 0.800. The molecule has 2 aliphatic heterocycles. The molecular formula is C15H26N4. The third kappa shape index (κ3) is 2.70. The molecule has 0 aliphatic carbocycles. The highest BCUT2D eigenvalue weighted by atomic mass is 15.1. The van der Waals surface area contributed by atoms with Crippen LogP contribution in [0.25, 0.3) is 0 Å². The maximum absolute atomic E-state index is 4.88. The summed E-state index contributed by atoms with van der Waals surface area (Å²) in [5, 5.41) is 3.42. The van der Waals surface area contributed by atoms with Crippen LogP contribution in [0, 0.1) is 5.92 Å². The number of hydrogen-bond acceptors (Lipinski definition) is 3. The summed E-state index contributed by atoms with van der Waals surface area (Å²) in [7, 11) is 2.20. The van der Waals surface area contributed by atoms with E-state index in [2.05, 4.69) is 28.8 Å². The fourth-order valence-corrected chi connectivity index (χ4v) is 3.56. The van der Waals surface area contributed by atoms with Gasteiger partial charge in [0, 0.05) is 45.2 Å². The molecule has 1 aromatic rings. The molecule has 0 radical (unpaired) electrons. The SMILES string of the molecule is CCN1CCCC(Cc2nc3c(n2C)CCNC3)C1. The van der Waals surface area contributed by atoms with Crippen molar-refractivity contribution in [2.24, 2.45) is 13.0 Å². The predicted octanol–water partition coefficient (Wildman–Crippen LogP) is 1.34. The van der Waals surface area contributed by atoms with Crippen LogP contribution in [0.1, 0.15) is 37.0 Å². The van der Waals surface area contributed by atoms with Crippen molar-refractivity contribution in [2.45, 2.75) is 39.2 Å². The van der Waals surface area contributed by atoms with Crippen LogP contribution in [0.4, 0.5) is 0 Å². The van der Waals surface area contributed by atoms with Crippen LogP contribution in [-0.4, -0.2) is 40.6 Å². The largest absolute Gasteiger partial charge is 0.335 e. The summed E-state index contributed by atoms with van der Waals surface area (Å²) >= 11 is 0. The number of nitrogens with one attached hydrogen (secondary N) is 1. The van der Waals surface area contributed by atoms with E-state index in [1.165, 1.54) is 49.7 Å². The lowest BCUT2D eigenvalue weighted by atomic mass is 9.94. The first-order valence-corrected chi connectivity index (χ1v) is 7.74. The molecule has 3 heterocycles. The van der Waals surface area contributed by atoms with E-state index >= 15 is 0 Å². The van der Waals surface area contributed by atoms with Crippen molar-refractivity contribution < 1.29 is 0 Å². The molecule has 1 unspecified atom stereocenters. The van der Waals surface area contributed by atoms with Gasteiger partial charge in [0.25, 0.3) is 0 Å². The van der Waals surface area contributed by atoms with E-state index in [0.29, 0.717) is 0 Å². The first kappa shape index (κ1) is 13.1. The van der Waals surface area contributed by atoms with Crippen molar-refractivity contribution in [2.75, 3.05) is 26.2 Å². The van der Waals surface area contributed by atoms with E-state index in [1.807, 2.05) is 0 Å². The molecule has 4 heteroatoms. The first-order chi connectivity index (χ1) is 9.28. The molecule has 0 saturated carbocycles.